The maximum Gasteiger partial charge on any atom is 0.251 e. The van der Waals surface area contributed by atoms with Gasteiger partial charge < -0.3 is 15.2 Å². The number of aliphatic hydroxyl groups is 1. The van der Waals surface area contributed by atoms with Crippen LogP contribution in [0, 0.1) is 11.8 Å². The fourth-order valence-electron chi connectivity index (χ4n) is 1.35. The van der Waals surface area contributed by atoms with Gasteiger partial charge in [-0.1, -0.05) is 11.8 Å². The number of hydrogen-bond donors (Lipinski definition) is 2. The molecule has 102 valence electrons. The molecule has 0 aliphatic heterocycles. The normalized spacial score (nSPS) is 11.3. The van der Waals surface area contributed by atoms with Gasteiger partial charge >= 0.3 is 0 Å². The molecule has 0 fully saturated rings. The van der Waals surface area contributed by atoms with E-state index in [0.717, 1.165) is 5.56 Å². The highest BCUT2D eigenvalue weighted by Gasteiger charge is 2.06. The fourth-order valence-corrected chi connectivity index (χ4v) is 1.35. The van der Waals surface area contributed by atoms with Crippen molar-refractivity contribution < 1.29 is 14.6 Å². The summed E-state index contributed by atoms with van der Waals surface area (Å²) in [5.41, 5.74) is 1.42. The van der Waals surface area contributed by atoms with E-state index in [1.807, 2.05) is 6.92 Å². The molecule has 1 aromatic carbocycles. The summed E-state index contributed by atoms with van der Waals surface area (Å²) in [6.07, 6.45) is 0.449. The molecule has 19 heavy (non-hydrogen) atoms. The van der Waals surface area contributed by atoms with E-state index >= 15 is 0 Å². The first-order valence-electron chi connectivity index (χ1n) is 6.18. The Bertz CT molecular complexity index is 457. The minimum atomic E-state index is -0.126. The number of amides is 1. The van der Waals surface area contributed by atoms with Crippen molar-refractivity contribution >= 4 is 5.91 Å². The standard InChI is InChI=1S/C15H19NO3/c1-12(19-2)11-16-15(18)14-8-6-13(7-9-14)5-3-4-10-17/h6-9,12,17H,4,10-11H2,1-2H3,(H,16,18). The van der Waals surface area contributed by atoms with Crippen molar-refractivity contribution in [1.29, 1.82) is 0 Å². The Hall–Kier alpha value is -1.83. The van der Waals surface area contributed by atoms with Gasteiger partial charge in [0.15, 0.2) is 0 Å². The van der Waals surface area contributed by atoms with Gasteiger partial charge in [-0.3, -0.25) is 4.79 Å². The lowest BCUT2D eigenvalue weighted by molar-refractivity contribution is 0.0870. The Labute approximate surface area is 113 Å². The van der Waals surface area contributed by atoms with Crippen molar-refractivity contribution in [3.05, 3.63) is 35.4 Å². The van der Waals surface area contributed by atoms with Gasteiger partial charge in [0.2, 0.25) is 0 Å². The molecular weight excluding hydrogens is 242 g/mol. The van der Waals surface area contributed by atoms with Gasteiger partial charge in [0.1, 0.15) is 0 Å². The molecule has 2 N–H and O–H groups in total. The van der Waals surface area contributed by atoms with E-state index in [1.165, 1.54) is 0 Å². The minimum absolute atomic E-state index is 0.00688. The maximum absolute atomic E-state index is 11.8. The summed E-state index contributed by atoms with van der Waals surface area (Å²) in [5.74, 6) is 5.61. The van der Waals surface area contributed by atoms with Crippen molar-refractivity contribution in [2.75, 3.05) is 20.3 Å². The van der Waals surface area contributed by atoms with Crippen LogP contribution in [-0.4, -0.2) is 37.4 Å². The van der Waals surface area contributed by atoms with Gasteiger partial charge in [0, 0.05) is 31.2 Å². The number of ether oxygens (including phenoxy) is 1. The zero-order chi connectivity index (χ0) is 14.1. The molecule has 1 aromatic rings. The Morgan fingerprint density at radius 1 is 1.42 bits per heavy atom. The molecule has 4 heteroatoms. The molecule has 0 radical (unpaired) electrons. The molecule has 0 saturated carbocycles. The predicted octanol–water partition coefficient (Wildman–Crippen LogP) is 1.19. The van der Waals surface area contributed by atoms with Crippen molar-refractivity contribution in [2.45, 2.75) is 19.4 Å². The van der Waals surface area contributed by atoms with E-state index in [4.69, 9.17) is 9.84 Å². The molecule has 1 amide bonds. The Balaban J connectivity index is 2.56. The highest BCUT2D eigenvalue weighted by molar-refractivity contribution is 5.94. The molecule has 0 spiro atoms. The van der Waals surface area contributed by atoms with Crippen LogP contribution in [0.1, 0.15) is 29.3 Å². The van der Waals surface area contributed by atoms with Crippen LogP contribution in [0.4, 0.5) is 0 Å². The molecule has 0 heterocycles. The number of methoxy groups -OCH3 is 1. The second kappa shape index (κ2) is 8.30. The van der Waals surface area contributed by atoms with Gasteiger partial charge in [-0.05, 0) is 31.2 Å². The van der Waals surface area contributed by atoms with Crippen LogP contribution < -0.4 is 5.32 Å². The van der Waals surface area contributed by atoms with Crippen LogP contribution in [0.25, 0.3) is 0 Å². The van der Waals surface area contributed by atoms with Crippen LogP contribution in [-0.2, 0) is 4.74 Å². The van der Waals surface area contributed by atoms with Gasteiger partial charge in [0.25, 0.3) is 5.91 Å². The van der Waals surface area contributed by atoms with E-state index in [0.29, 0.717) is 18.5 Å². The summed E-state index contributed by atoms with van der Waals surface area (Å²) in [7, 11) is 1.61. The van der Waals surface area contributed by atoms with Crippen LogP contribution >= 0.6 is 0 Å². The average molecular weight is 261 g/mol. The molecule has 0 aliphatic carbocycles. The zero-order valence-corrected chi connectivity index (χ0v) is 11.3. The van der Waals surface area contributed by atoms with Crippen LogP contribution in [0.5, 0.6) is 0 Å². The zero-order valence-electron chi connectivity index (χ0n) is 11.3. The Morgan fingerprint density at radius 2 is 2.11 bits per heavy atom. The van der Waals surface area contributed by atoms with Gasteiger partial charge in [-0.15, -0.1) is 0 Å². The first-order chi connectivity index (χ1) is 9.17. The average Bonchev–Trinajstić information content (AvgIpc) is 2.45. The van der Waals surface area contributed by atoms with E-state index in [2.05, 4.69) is 17.2 Å². The molecule has 0 aromatic heterocycles. The summed E-state index contributed by atoms with van der Waals surface area (Å²) < 4.78 is 5.06. The third kappa shape index (κ3) is 5.56. The first-order valence-corrected chi connectivity index (χ1v) is 6.18. The van der Waals surface area contributed by atoms with Crippen LogP contribution in [0.3, 0.4) is 0 Å². The highest BCUT2D eigenvalue weighted by atomic mass is 16.5. The van der Waals surface area contributed by atoms with E-state index in [1.54, 1.807) is 31.4 Å². The van der Waals surface area contributed by atoms with Crippen molar-refractivity contribution in [3.8, 4) is 11.8 Å². The number of nitrogens with one attached hydrogen (secondary N) is 1. The maximum atomic E-state index is 11.8. The third-order valence-electron chi connectivity index (χ3n) is 2.57. The minimum Gasteiger partial charge on any atom is -0.395 e. The van der Waals surface area contributed by atoms with E-state index in [-0.39, 0.29) is 18.6 Å². The number of carbonyl (C=O) groups excluding carboxylic acids is 1. The molecule has 4 nitrogen and oxygen atoms in total. The SMILES string of the molecule is COC(C)CNC(=O)c1ccc(C#CCCO)cc1. The van der Waals surface area contributed by atoms with Crippen LogP contribution in [0.15, 0.2) is 24.3 Å². The molecule has 0 aliphatic rings. The molecule has 0 saturated heterocycles. The van der Waals surface area contributed by atoms with Crippen LogP contribution in [0.2, 0.25) is 0 Å². The summed E-state index contributed by atoms with van der Waals surface area (Å²) in [6, 6.07) is 7.05. The summed E-state index contributed by atoms with van der Waals surface area (Å²) in [6.45, 7) is 2.43. The molecule has 1 unspecified atom stereocenters. The van der Waals surface area contributed by atoms with E-state index in [9.17, 15) is 4.79 Å². The summed E-state index contributed by atoms with van der Waals surface area (Å²) in [5, 5.41) is 11.4. The quantitative estimate of drug-likeness (QED) is 0.783. The number of hydrogen-bond acceptors (Lipinski definition) is 3. The molecular formula is C15H19NO3. The monoisotopic (exact) mass is 261 g/mol. The lowest BCUT2D eigenvalue weighted by Gasteiger charge is -2.10. The van der Waals surface area contributed by atoms with Gasteiger partial charge in [-0.2, -0.15) is 0 Å². The Morgan fingerprint density at radius 3 is 2.68 bits per heavy atom. The topological polar surface area (TPSA) is 58.6 Å². The smallest absolute Gasteiger partial charge is 0.251 e. The molecule has 1 rings (SSSR count). The number of aliphatic hydroxyl groups excluding tert-OH is 1. The largest absolute Gasteiger partial charge is 0.395 e. The van der Waals surface area contributed by atoms with Gasteiger partial charge in [-0.25, -0.2) is 0 Å². The first kappa shape index (κ1) is 15.2. The Kier molecular flexibility index (Phi) is 6.65. The summed E-state index contributed by atoms with van der Waals surface area (Å²) >= 11 is 0. The lowest BCUT2D eigenvalue weighted by atomic mass is 10.1. The lowest BCUT2D eigenvalue weighted by Crippen LogP contribution is -2.31. The second-order valence-corrected chi connectivity index (χ2v) is 4.11. The molecule has 0 bridgehead atoms. The van der Waals surface area contributed by atoms with Crippen molar-refractivity contribution in [3.63, 3.8) is 0 Å². The highest BCUT2D eigenvalue weighted by Crippen LogP contribution is 2.03. The number of carbonyl (C=O) groups is 1. The number of benzene rings is 1. The van der Waals surface area contributed by atoms with E-state index < -0.39 is 0 Å². The van der Waals surface area contributed by atoms with Crippen molar-refractivity contribution in [1.82, 2.24) is 5.32 Å². The third-order valence-corrected chi connectivity index (χ3v) is 2.57. The number of rotatable bonds is 5. The summed E-state index contributed by atoms with van der Waals surface area (Å²) in [4.78, 5) is 11.8. The predicted molar refractivity (Wildman–Crippen MR) is 73.8 cm³/mol. The van der Waals surface area contributed by atoms with Crippen molar-refractivity contribution in [2.24, 2.45) is 0 Å². The molecule has 1 atom stereocenters. The second-order valence-electron chi connectivity index (χ2n) is 4.11. The fraction of sp³-hybridized carbons (Fsp3) is 0.400. The van der Waals surface area contributed by atoms with Gasteiger partial charge in [0.05, 0.1) is 12.7 Å².